The third-order valence-corrected chi connectivity index (χ3v) is 3.13. The lowest BCUT2D eigenvalue weighted by molar-refractivity contribution is 0.585. The number of nitrogens with zero attached hydrogens (tertiary/aromatic N) is 2. The lowest BCUT2D eigenvalue weighted by atomic mass is 10.2. The normalized spacial score (nSPS) is 10.2. The summed E-state index contributed by atoms with van der Waals surface area (Å²) in [6.07, 6.45) is 0.935. The fourth-order valence-corrected chi connectivity index (χ4v) is 2.27. The molecule has 0 N–H and O–H groups in total. The zero-order valence-electron chi connectivity index (χ0n) is 8.78. The van der Waals surface area contributed by atoms with Crippen molar-refractivity contribution in [3.8, 4) is 16.6 Å². The maximum absolute atomic E-state index is 13.5. The van der Waals surface area contributed by atoms with Crippen LogP contribution in [0, 0.1) is 23.0 Å². The van der Waals surface area contributed by atoms with Crippen molar-refractivity contribution >= 4 is 11.3 Å². The van der Waals surface area contributed by atoms with E-state index in [-0.39, 0.29) is 0 Å². The Kier molecular flexibility index (Phi) is 3.45. The first kappa shape index (κ1) is 11.7. The smallest absolute Gasteiger partial charge is 0.136 e. The molecule has 0 aliphatic rings. The average molecular weight is 250 g/mol. The van der Waals surface area contributed by atoms with Crippen molar-refractivity contribution in [2.24, 2.45) is 0 Å². The Morgan fingerprint density at radius 1 is 1.35 bits per heavy atom. The minimum absolute atomic E-state index is 0.291. The summed E-state index contributed by atoms with van der Waals surface area (Å²) in [5.41, 5.74) is 1.05. The van der Waals surface area contributed by atoms with Gasteiger partial charge in [0.1, 0.15) is 16.6 Å². The summed E-state index contributed by atoms with van der Waals surface area (Å²) in [6, 6.07) is 5.44. The number of thiazole rings is 1. The molecular formula is C12H8F2N2S. The van der Waals surface area contributed by atoms with Crippen molar-refractivity contribution in [1.82, 2.24) is 4.98 Å². The number of rotatable bonds is 3. The highest BCUT2D eigenvalue weighted by Crippen LogP contribution is 2.27. The molecule has 0 atom stereocenters. The van der Waals surface area contributed by atoms with Gasteiger partial charge in [0.05, 0.1) is 11.8 Å². The van der Waals surface area contributed by atoms with E-state index in [4.69, 9.17) is 5.26 Å². The van der Waals surface area contributed by atoms with E-state index in [9.17, 15) is 8.78 Å². The number of nitriles is 1. The summed E-state index contributed by atoms with van der Waals surface area (Å²) in [5, 5.41) is 10.7. The first-order chi connectivity index (χ1) is 8.20. The van der Waals surface area contributed by atoms with Gasteiger partial charge in [-0.15, -0.1) is 11.3 Å². The number of aryl methyl sites for hydroxylation is 1. The number of hydrogen-bond donors (Lipinski definition) is 0. The molecule has 17 heavy (non-hydrogen) atoms. The van der Waals surface area contributed by atoms with Gasteiger partial charge in [-0.05, 0) is 12.1 Å². The van der Waals surface area contributed by atoms with Gasteiger partial charge in [0.25, 0.3) is 0 Å². The summed E-state index contributed by atoms with van der Waals surface area (Å²) < 4.78 is 26.2. The average Bonchev–Trinajstić information content (AvgIpc) is 2.75. The first-order valence-electron chi connectivity index (χ1n) is 4.97. The summed E-state index contributed by atoms with van der Waals surface area (Å²) in [7, 11) is 0. The third-order valence-electron chi connectivity index (χ3n) is 2.21. The molecule has 1 aromatic carbocycles. The maximum Gasteiger partial charge on any atom is 0.136 e. The second-order valence-corrected chi connectivity index (χ2v) is 4.28. The first-order valence-corrected chi connectivity index (χ1v) is 5.85. The topological polar surface area (TPSA) is 36.7 Å². The largest absolute Gasteiger partial charge is 0.241 e. The number of halogens is 2. The van der Waals surface area contributed by atoms with E-state index in [0.29, 0.717) is 23.4 Å². The molecule has 0 saturated carbocycles. The molecule has 2 nitrogen and oxygen atoms in total. The Morgan fingerprint density at radius 2 is 2.18 bits per heavy atom. The lowest BCUT2D eigenvalue weighted by Crippen LogP contribution is -1.87. The molecule has 0 amide bonds. The van der Waals surface area contributed by atoms with Gasteiger partial charge in [-0.1, -0.05) is 0 Å². The Labute approximate surface area is 101 Å². The molecule has 86 valence electrons. The Hall–Kier alpha value is -1.80. The van der Waals surface area contributed by atoms with Gasteiger partial charge in [-0.25, -0.2) is 13.8 Å². The van der Waals surface area contributed by atoms with Crippen molar-refractivity contribution in [3.63, 3.8) is 0 Å². The molecular weight excluding hydrogens is 242 g/mol. The summed E-state index contributed by atoms with van der Waals surface area (Å²) in [5.74, 6) is -1.22. The summed E-state index contributed by atoms with van der Waals surface area (Å²) in [4.78, 5) is 4.21. The van der Waals surface area contributed by atoms with Gasteiger partial charge in [-0.3, -0.25) is 0 Å². The predicted molar refractivity (Wildman–Crippen MR) is 61.4 cm³/mol. The minimum Gasteiger partial charge on any atom is -0.241 e. The molecule has 2 aromatic rings. The van der Waals surface area contributed by atoms with E-state index >= 15 is 0 Å². The van der Waals surface area contributed by atoms with Crippen molar-refractivity contribution in [2.75, 3.05) is 0 Å². The van der Waals surface area contributed by atoms with Crippen LogP contribution >= 0.6 is 11.3 Å². The Bertz CT molecular complexity index is 572. The Balaban J connectivity index is 2.28. The quantitative estimate of drug-likeness (QED) is 0.835. The molecule has 0 fully saturated rings. The van der Waals surface area contributed by atoms with Crippen LogP contribution in [0.5, 0.6) is 0 Å². The van der Waals surface area contributed by atoms with E-state index in [1.165, 1.54) is 23.5 Å². The second-order valence-electron chi connectivity index (χ2n) is 3.43. The molecule has 1 aromatic heterocycles. The predicted octanol–water partition coefficient (Wildman–Crippen LogP) is 3.54. The van der Waals surface area contributed by atoms with Crippen LogP contribution in [0.3, 0.4) is 0 Å². The molecule has 2 rings (SSSR count). The molecule has 0 aliphatic carbocycles. The minimum atomic E-state index is -0.619. The number of hydrogen-bond acceptors (Lipinski definition) is 3. The van der Waals surface area contributed by atoms with Crippen LogP contribution in [0.1, 0.15) is 12.1 Å². The van der Waals surface area contributed by atoms with E-state index in [2.05, 4.69) is 4.98 Å². The van der Waals surface area contributed by atoms with Crippen LogP contribution in [-0.4, -0.2) is 4.98 Å². The summed E-state index contributed by atoms with van der Waals surface area (Å²) >= 11 is 1.29. The highest BCUT2D eigenvalue weighted by Gasteiger charge is 2.10. The number of benzene rings is 1. The van der Waals surface area contributed by atoms with Crippen LogP contribution in [0.2, 0.25) is 0 Å². The zero-order chi connectivity index (χ0) is 12.3. The van der Waals surface area contributed by atoms with Gasteiger partial charge in [-0.2, -0.15) is 5.26 Å². The van der Waals surface area contributed by atoms with Gasteiger partial charge < -0.3 is 0 Å². The molecule has 0 spiro atoms. The molecule has 1 heterocycles. The van der Waals surface area contributed by atoms with Crippen LogP contribution in [-0.2, 0) is 6.42 Å². The van der Waals surface area contributed by atoms with Gasteiger partial charge in [0.2, 0.25) is 0 Å². The van der Waals surface area contributed by atoms with Gasteiger partial charge >= 0.3 is 0 Å². The molecule has 0 saturated heterocycles. The van der Waals surface area contributed by atoms with Gasteiger partial charge in [0.15, 0.2) is 0 Å². The molecule has 0 bridgehead atoms. The highest BCUT2D eigenvalue weighted by atomic mass is 32.1. The molecule has 0 unspecified atom stereocenters. The van der Waals surface area contributed by atoms with Crippen molar-refractivity contribution < 1.29 is 8.78 Å². The molecule has 0 aliphatic heterocycles. The van der Waals surface area contributed by atoms with Crippen LogP contribution in [0.25, 0.3) is 10.6 Å². The fourth-order valence-electron chi connectivity index (χ4n) is 1.39. The fraction of sp³-hybridized carbons (Fsp3) is 0.167. The monoisotopic (exact) mass is 250 g/mol. The van der Waals surface area contributed by atoms with Crippen LogP contribution in [0.4, 0.5) is 8.78 Å². The lowest BCUT2D eigenvalue weighted by Gasteiger charge is -1.98. The molecule has 5 heteroatoms. The Morgan fingerprint density at radius 3 is 2.88 bits per heavy atom. The standard InChI is InChI=1S/C12H8F2N2S/c13-8-3-4-10(11(14)6-8)12-16-9(7-17-12)2-1-5-15/h3-4,6-7H,1-2H2. The zero-order valence-corrected chi connectivity index (χ0v) is 9.60. The summed E-state index contributed by atoms with van der Waals surface area (Å²) in [6.45, 7) is 0. The highest BCUT2D eigenvalue weighted by molar-refractivity contribution is 7.13. The van der Waals surface area contributed by atoms with Crippen LogP contribution in [0.15, 0.2) is 23.6 Å². The maximum atomic E-state index is 13.5. The van der Waals surface area contributed by atoms with Gasteiger partial charge in [0, 0.05) is 29.9 Å². The second kappa shape index (κ2) is 5.02. The molecule has 0 radical (unpaired) electrons. The van der Waals surface area contributed by atoms with Crippen molar-refractivity contribution in [3.05, 3.63) is 40.9 Å². The van der Waals surface area contributed by atoms with Crippen molar-refractivity contribution in [2.45, 2.75) is 12.8 Å². The van der Waals surface area contributed by atoms with E-state index in [1.807, 2.05) is 6.07 Å². The van der Waals surface area contributed by atoms with E-state index in [1.54, 1.807) is 5.38 Å². The van der Waals surface area contributed by atoms with E-state index in [0.717, 1.165) is 11.8 Å². The SMILES string of the molecule is N#CCCc1csc(-c2ccc(F)cc2F)n1. The van der Waals surface area contributed by atoms with Crippen LogP contribution < -0.4 is 0 Å². The van der Waals surface area contributed by atoms with E-state index < -0.39 is 11.6 Å². The third kappa shape index (κ3) is 2.66. The number of aromatic nitrogens is 1. The van der Waals surface area contributed by atoms with Crippen molar-refractivity contribution in [1.29, 1.82) is 5.26 Å².